The van der Waals surface area contributed by atoms with Crippen molar-refractivity contribution in [2.75, 3.05) is 23.3 Å². The lowest BCUT2D eigenvalue weighted by Gasteiger charge is -2.38. The second-order valence-corrected chi connectivity index (χ2v) is 6.40. The summed E-state index contributed by atoms with van der Waals surface area (Å²) in [5, 5.41) is 3.43. The fourth-order valence-electron chi connectivity index (χ4n) is 3.87. The summed E-state index contributed by atoms with van der Waals surface area (Å²) in [7, 11) is 0. The molecule has 0 spiro atoms. The van der Waals surface area contributed by atoms with Crippen molar-refractivity contribution in [1.82, 2.24) is 9.97 Å². The summed E-state index contributed by atoms with van der Waals surface area (Å²) in [4.78, 5) is 12.0. The molecule has 2 fully saturated rings. The summed E-state index contributed by atoms with van der Waals surface area (Å²) in [6.07, 6.45) is 8.88. The number of hydrogen-bond donors (Lipinski definition) is 1. The van der Waals surface area contributed by atoms with Crippen molar-refractivity contribution in [2.45, 2.75) is 64.8 Å². The standard InChI is InChI=1S/C17H28N4/c1-3-10-18-16-12-17(20-15(4-2)19-16)21-11-6-8-13-7-5-9-14(13)21/h12-14H,3-11H2,1-2H3,(H,18,19,20). The molecule has 116 valence electrons. The Morgan fingerprint density at radius 2 is 2.05 bits per heavy atom. The minimum atomic E-state index is 0.720. The second kappa shape index (κ2) is 6.63. The van der Waals surface area contributed by atoms with Crippen LogP contribution in [0.15, 0.2) is 6.07 Å². The van der Waals surface area contributed by atoms with Gasteiger partial charge in [-0.15, -0.1) is 0 Å². The van der Waals surface area contributed by atoms with E-state index < -0.39 is 0 Å². The summed E-state index contributed by atoms with van der Waals surface area (Å²) >= 11 is 0. The van der Waals surface area contributed by atoms with Gasteiger partial charge in [0, 0.05) is 31.6 Å². The molecule has 0 bridgehead atoms. The van der Waals surface area contributed by atoms with E-state index in [-0.39, 0.29) is 0 Å². The van der Waals surface area contributed by atoms with Crippen molar-refractivity contribution in [3.63, 3.8) is 0 Å². The monoisotopic (exact) mass is 288 g/mol. The highest BCUT2D eigenvalue weighted by Crippen LogP contribution is 2.38. The molecule has 4 nitrogen and oxygen atoms in total. The van der Waals surface area contributed by atoms with E-state index in [0.29, 0.717) is 0 Å². The molecule has 1 saturated carbocycles. The van der Waals surface area contributed by atoms with E-state index in [9.17, 15) is 0 Å². The minimum absolute atomic E-state index is 0.720. The van der Waals surface area contributed by atoms with E-state index in [0.717, 1.165) is 55.4 Å². The minimum Gasteiger partial charge on any atom is -0.370 e. The van der Waals surface area contributed by atoms with Crippen LogP contribution in [0.5, 0.6) is 0 Å². The van der Waals surface area contributed by atoms with E-state index in [2.05, 4.69) is 35.1 Å². The molecule has 1 aliphatic carbocycles. The van der Waals surface area contributed by atoms with Crippen LogP contribution in [0.3, 0.4) is 0 Å². The van der Waals surface area contributed by atoms with Gasteiger partial charge in [0.2, 0.25) is 0 Å². The number of nitrogens with zero attached hydrogens (tertiary/aromatic N) is 3. The van der Waals surface area contributed by atoms with Crippen LogP contribution in [0.2, 0.25) is 0 Å². The van der Waals surface area contributed by atoms with Crippen molar-refractivity contribution < 1.29 is 0 Å². The molecular formula is C17H28N4. The van der Waals surface area contributed by atoms with Gasteiger partial charge in [0.15, 0.2) is 0 Å². The van der Waals surface area contributed by atoms with E-state index in [4.69, 9.17) is 4.98 Å². The van der Waals surface area contributed by atoms with Crippen LogP contribution in [-0.4, -0.2) is 29.1 Å². The lowest BCUT2D eigenvalue weighted by Crippen LogP contribution is -2.43. The quantitative estimate of drug-likeness (QED) is 0.898. The average molecular weight is 288 g/mol. The highest BCUT2D eigenvalue weighted by Gasteiger charge is 2.35. The van der Waals surface area contributed by atoms with Gasteiger partial charge in [-0.05, 0) is 38.0 Å². The van der Waals surface area contributed by atoms with Crippen molar-refractivity contribution in [1.29, 1.82) is 0 Å². The molecule has 0 amide bonds. The van der Waals surface area contributed by atoms with Gasteiger partial charge in [0.1, 0.15) is 17.5 Å². The van der Waals surface area contributed by atoms with Gasteiger partial charge < -0.3 is 10.2 Å². The Morgan fingerprint density at radius 3 is 2.86 bits per heavy atom. The van der Waals surface area contributed by atoms with Gasteiger partial charge in [-0.3, -0.25) is 0 Å². The SMILES string of the molecule is CCCNc1cc(N2CCCC3CCCC32)nc(CC)n1. The predicted molar refractivity (Wildman–Crippen MR) is 87.9 cm³/mol. The molecule has 0 radical (unpaired) electrons. The summed E-state index contributed by atoms with van der Waals surface area (Å²) in [6, 6.07) is 2.88. The van der Waals surface area contributed by atoms with E-state index in [1.54, 1.807) is 0 Å². The third-order valence-electron chi connectivity index (χ3n) is 4.92. The average Bonchev–Trinajstić information content (AvgIpc) is 3.01. The van der Waals surface area contributed by atoms with Crippen LogP contribution in [0.25, 0.3) is 0 Å². The first-order valence-electron chi connectivity index (χ1n) is 8.70. The Kier molecular flexibility index (Phi) is 4.61. The van der Waals surface area contributed by atoms with Gasteiger partial charge in [-0.1, -0.05) is 20.3 Å². The maximum Gasteiger partial charge on any atom is 0.134 e. The summed E-state index contributed by atoms with van der Waals surface area (Å²) in [5.41, 5.74) is 0. The Labute approximate surface area is 128 Å². The van der Waals surface area contributed by atoms with Crippen LogP contribution in [0, 0.1) is 5.92 Å². The summed E-state index contributed by atoms with van der Waals surface area (Å²) in [5.74, 6) is 4.01. The van der Waals surface area contributed by atoms with Crippen LogP contribution in [0.1, 0.15) is 58.2 Å². The predicted octanol–water partition coefficient (Wildman–Crippen LogP) is 3.63. The number of fused-ring (bicyclic) bond motifs is 1. The molecule has 1 saturated heterocycles. The summed E-state index contributed by atoms with van der Waals surface area (Å²) in [6.45, 7) is 6.46. The fourth-order valence-corrected chi connectivity index (χ4v) is 3.87. The zero-order valence-electron chi connectivity index (χ0n) is 13.4. The number of piperidine rings is 1. The topological polar surface area (TPSA) is 41.0 Å². The summed E-state index contributed by atoms with van der Waals surface area (Å²) < 4.78 is 0. The Hall–Kier alpha value is -1.32. The second-order valence-electron chi connectivity index (χ2n) is 6.40. The Bertz CT molecular complexity index is 474. The molecule has 1 N–H and O–H groups in total. The molecule has 3 rings (SSSR count). The van der Waals surface area contributed by atoms with Crippen LogP contribution in [0.4, 0.5) is 11.6 Å². The third kappa shape index (κ3) is 3.14. The lowest BCUT2D eigenvalue weighted by molar-refractivity contribution is 0.360. The van der Waals surface area contributed by atoms with Gasteiger partial charge in [-0.2, -0.15) is 0 Å². The number of aryl methyl sites for hydroxylation is 1. The molecule has 2 heterocycles. The van der Waals surface area contributed by atoms with E-state index in [1.165, 1.54) is 32.1 Å². The maximum atomic E-state index is 4.82. The highest BCUT2D eigenvalue weighted by molar-refractivity contribution is 5.50. The molecule has 1 aromatic heterocycles. The molecule has 0 aromatic carbocycles. The first kappa shape index (κ1) is 14.6. The number of hydrogen-bond acceptors (Lipinski definition) is 4. The van der Waals surface area contributed by atoms with Crippen molar-refractivity contribution in [3.8, 4) is 0 Å². The number of anilines is 2. The van der Waals surface area contributed by atoms with Crippen molar-refractivity contribution in [3.05, 3.63) is 11.9 Å². The van der Waals surface area contributed by atoms with Gasteiger partial charge in [0.25, 0.3) is 0 Å². The molecular weight excluding hydrogens is 260 g/mol. The Balaban J connectivity index is 1.85. The normalized spacial score (nSPS) is 25.0. The fraction of sp³-hybridized carbons (Fsp3) is 0.765. The first-order chi connectivity index (χ1) is 10.3. The zero-order chi connectivity index (χ0) is 14.7. The molecule has 1 aliphatic heterocycles. The largest absolute Gasteiger partial charge is 0.370 e. The maximum absolute atomic E-state index is 4.82. The van der Waals surface area contributed by atoms with Gasteiger partial charge in [-0.25, -0.2) is 9.97 Å². The number of aromatic nitrogens is 2. The lowest BCUT2D eigenvalue weighted by atomic mass is 9.92. The van der Waals surface area contributed by atoms with Crippen molar-refractivity contribution in [2.24, 2.45) is 5.92 Å². The highest BCUT2D eigenvalue weighted by atomic mass is 15.2. The number of rotatable bonds is 5. The van der Waals surface area contributed by atoms with E-state index in [1.807, 2.05) is 0 Å². The van der Waals surface area contributed by atoms with Gasteiger partial charge in [0.05, 0.1) is 0 Å². The zero-order valence-corrected chi connectivity index (χ0v) is 13.4. The molecule has 21 heavy (non-hydrogen) atoms. The molecule has 2 aliphatic rings. The van der Waals surface area contributed by atoms with Crippen molar-refractivity contribution >= 4 is 11.6 Å². The molecule has 4 heteroatoms. The van der Waals surface area contributed by atoms with Crippen LogP contribution >= 0.6 is 0 Å². The molecule has 2 unspecified atom stereocenters. The van der Waals surface area contributed by atoms with Crippen LogP contribution in [-0.2, 0) is 6.42 Å². The first-order valence-corrected chi connectivity index (χ1v) is 8.70. The molecule has 2 atom stereocenters. The smallest absolute Gasteiger partial charge is 0.134 e. The Morgan fingerprint density at radius 1 is 1.19 bits per heavy atom. The number of nitrogens with one attached hydrogen (secondary N) is 1. The van der Waals surface area contributed by atoms with Gasteiger partial charge >= 0.3 is 0 Å². The van der Waals surface area contributed by atoms with Crippen LogP contribution < -0.4 is 10.2 Å². The molecule has 1 aromatic rings. The third-order valence-corrected chi connectivity index (χ3v) is 4.92. The van der Waals surface area contributed by atoms with E-state index >= 15 is 0 Å².